The summed E-state index contributed by atoms with van der Waals surface area (Å²) in [5.41, 5.74) is 3.11. The third-order valence-corrected chi connectivity index (χ3v) is 5.56. The Morgan fingerprint density at radius 1 is 0.920 bits per heavy atom. The third kappa shape index (κ3) is 3.73. The average Bonchev–Trinajstić information content (AvgIpc) is 2.99. The molecule has 3 nitrogen and oxygen atoms in total. The molecule has 2 aliphatic heterocycles. The first-order valence-electron chi connectivity index (χ1n) is 8.89. The molecule has 1 amide bonds. The number of benzene rings is 2. The van der Waals surface area contributed by atoms with Crippen molar-refractivity contribution in [1.82, 2.24) is 10.2 Å². The minimum Gasteiger partial charge on any atom is -0.339 e. The molecule has 2 bridgehead atoms. The maximum Gasteiger partial charge on any atom is 0.253 e. The maximum atomic E-state index is 12.8. The van der Waals surface area contributed by atoms with Gasteiger partial charge in [-0.25, -0.2) is 0 Å². The van der Waals surface area contributed by atoms with Gasteiger partial charge in [0.05, 0.1) is 0 Å². The van der Waals surface area contributed by atoms with Crippen molar-refractivity contribution in [2.24, 2.45) is 0 Å². The van der Waals surface area contributed by atoms with Gasteiger partial charge in [0.15, 0.2) is 0 Å². The largest absolute Gasteiger partial charge is 0.339 e. The van der Waals surface area contributed by atoms with Crippen molar-refractivity contribution in [3.8, 4) is 11.1 Å². The van der Waals surface area contributed by atoms with Crippen molar-refractivity contribution in [3.63, 3.8) is 0 Å². The monoisotopic (exact) mass is 356 g/mol. The van der Waals surface area contributed by atoms with E-state index < -0.39 is 0 Å². The lowest BCUT2D eigenvalue weighted by molar-refractivity contribution is 0.0681. The van der Waals surface area contributed by atoms with Gasteiger partial charge in [0.1, 0.15) is 0 Å². The molecule has 25 heavy (non-hydrogen) atoms. The van der Waals surface area contributed by atoms with Gasteiger partial charge < -0.3 is 10.2 Å². The molecule has 2 atom stereocenters. The summed E-state index contributed by atoms with van der Waals surface area (Å²) in [5.74, 6) is 0.140. The van der Waals surface area contributed by atoms with E-state index in [2.05, 4.69) is 17.4 Å². The SMILES string of the molecule is CN(C(=O)c1ccc(-c2ccccc2)cc1)C1CC2CCC(C1)N2.Cl. The van der Waals surface area contributed by atoms with Crippen molar-refractivity contribution < 1.29 is 4.79 Å². The van der Waals surface area contributed by atoms with Crippen LogP contribution >= 0.6 is 12.4 Å². The fourth-order valence-electron chi connectivity index (χ4n) is 4.15. The predicted octanol–water partition coefficient (Wildman–Crippen LogP) is 4.13. The van der Waals surface area contributed by atoms with E-state index in [-0.39, 0.29) is 18.3 Å². The smallest absolute Gasteiger partial charge is 0.253 e. The number of carbonyl (C=O) groups is 1. The van der Waals surface area contributed by atoms with E-state index in [1.165, 1.54) is 18.4 Å². The Labute approximate surface area is 155 Å². The van der Waals surface area contributed by atoms with Crippen molar-refractivity contribution in [1.29, 1.82) is 0 Å². The first kappa shape index (κ1) is 18.0. The lowest BCUT2D eigenvalue weighted by Crippen LogP contribution is -2.48. The van der Waals surface area contributed by atoms with Gasteiger partial charge in [-0.15, -0.1) is 12.4 Å². The second-order valence-corrected chi connectivity index (χ2v) is 7.12. The number of amides is 1. The van der Waals surface area contributed by atoms with Crippen LogP contribution in [0.1, 0.15) is 36.0 Å². The number of rotatable bonds is 3. The number of nitrogens with one attached hydrogen (secondary N) is 1. The van der Waals surface area contributed by atoms with Crippen LogP contribution in [0.5, 0.6) is 0 Å². The van der Waals surface area contributed by atoms with Gasteiger partial charge in [-0.05, 0) is 48.9 Å². The van der Waals surface area contributed by atoms with Gasteiger partial charge in [-0.1, -0.05) is 42.5 Å². The third-order valence-electron chi connectivity index (χ3n) is 5.56. The van der Waals surface area contributed by atoms with Crippen molar-refractivity contribution in [2.75, 3.05) is 7.05 Å². The van der Waals surface area contributed by atoms with Crippen LogP contribution in [-0.2, 0) is 0 Å². The van der Waals surface area contributed by atoms with Gasteiger partial charge in [0.25, 0.3) is 5.91 Å². The fraction of sp³-hybridized carbons (Fsp3) is 0.381. The van der Waals surface area contributed by atoms with Crippen molar-refractivity contribution in [3.05, 3.63) is 60.2 Å². The molecule has 2 saturated heterocycles. The zero-order valence-corrected chi connectivity index (χ0v) is 15.3. The van der Waals surface area contributed by atoms with Crippen LogP contribution in [0.3, 0.4) is 0 Å². The Morgan fingerprint density at radius 3 is 2.08 bits per heavy atom. The average molecular weight is 357 g/mol. The van der Waals surface area contributed by atoms with Crippen molar-refractivity contribution in [2.45, 2.75) is 43.8 Å². The molecule has 2 aromatic rings. The lowest BCUT2D eigenvalue weighted by atomic mass is 9.97. The fourth-order valence-corrected chi connectivity index (χ4v) is 4.15. The molecule has 2 heterocycles. The number of hydrogen-bond donors (Lipinski definition) is 1. The highest BCUT2D eigenvalue weighted by Crippen LogP contribution is 2.30. The van der Waals surface area contributed by atoms with E-state index in [1.54, 1.807) is 0 Å². The molecule has 2 unspecified atom stereocenters. The quantitative estimate of drug-likeness (QED) is 0.896. The summed E-state index contributed by atoms with van der Waals surface area (Å²) in [4.78, 5) is 14.8. The highest BCUT2D eigenvalue weighted by Gasteiger charge is 2.36. The molecule has 1 N–H and O–H groups in total. The molecule has 4 rings (SSSR count). The Kier molecular flexibility index (Phi) is 5.45. The molecular weight excluding hydrogens is 332 g/mol. The van der Waals surface area contributed by atoms with Crippen LogP contribution in [0.15, 0.2) is 54.6 Å². The van der Waals surface area contributed by atoms with Crippen LogP contribution in [0, 0.1) is 0 Å². The Bertz CT molecular complexity index is 704. The molecule has 0 aliphatic carbocycles. The number of hydrogen-bond acceptors (Lipinski definition) is 2. The zero-order chi connectivity index (χ0) is 16.5. The molecular formula is C21H25ClN2O. The number of carbonyl (C=O) groups excluding carboxylic acids is 1. The van der Waals surface area contributed by atoms with E-state index >= 15 is 0 Å². The lowest BCUT2D eigenvalue weighted by Gasteiger charge is -2.35. The molecule has 2 aliphatic rings. The summed E-state index contributed by atoms with van der Waals surface area (Å²) in [6.45, 7) is 0. The highest BCUT2D eigenvalue weighted by atomic mass is 35.5. The van der Waals surface area contributed by atoms with Crippen LogP contribution < -0.4 is 5.32 Å². The molecule has 2 fully saturated rings. The number of piperidine rings is 1. The summed E-state index contributed by atoms with van der Waals surface area (Å²) < 4.78 is 0. The second kappa shape index (κ2) is 7.59. The first-order chi connectivity index (χ1) is 11.7. The van der Waals surface area contributed by atoms with E-state index in [4.69, 9.17) is 0 Å². The number of halogens is 1. The zero-order valence-electron chi connectivity index (χ0n) is 14.5. The maximum absolute atomic E-state index is 12.8. The second-order valence-electron chi connectivity index (χ2n) is 7.12. The summed E-state index contributed by atoms with van der Waals surface area (Å²) >= 11 is 0. The Balaban J connectivity index is 0.00000182. The molecule has 132 valence electrons. The van der Waals surface area contributed by atoms with E-state index in [9.17, 15) is 4.79 Å². The molecule has 0 saturated carbocycles. The highest BCUT2D eigenvalue weighted by molar-refractivity contribution is 5.94. The molecule has 0 spiro atoms. The number of nitrogens with zero attached hydrogens (tertiary/aromatic N) is 1. The summed E-state index contributed by atoms with van der Waals surface area (Å²) in [6, 6.07) is 19.8. The van der Waals surface area contributed by atoms with Gasteiger partial charge >= 0.3 is 0 Å². The normalized spacial score (nSPS) is 24.4. The molecule has 0 radical (unpaired) electrons. The van der Waals surface area contributed by atoms with E-state index in [0.29, 0.717) is 18.1 Å². The van der Waals surface area contributed by atoms with Gasteiger partial charge in [-0.2, -0.15) is 0 Å². The Hall–Kier alpha value is -1.84. The standard InChI is InChI=1S/C21H24N2O.ClH/c1-23(20-13-18-11-12-19(14-20)22-18)21(24)17-9-7-16(8-10-17)15-5-3-2-4-6-15;/h2-10,18-20,22H,11-14H2,1H3;1H. The van der Waals surface area contributed by atoms with E-state index in [1.807, 2.05) is 54.4 Å². The van der Waals surface area contributed by atoms with Crippen LogP contribution in [0.2, 0.25) is 0 Å². The van der Waals surface area contributed by atoms with Gasteiger partial charge in [0, 0.05) is 30.7 Å². The minimum atomic E-state index is 0. The Morgan fingerprint density at radius 2 is 1.48 bits per heavy atom. The summed E-state index contributed by atoms with van der Waals surface area (Å²) in [7, 11) is 1.96. The van der Waals surface area contributed by atoms with Crippen LogP contribution in [-0.4, -0.2) is 36.0 Å². The first-order valence-corrected chi connectivity index (χ1v) is 8.89. The van der Waals surface area contributed by atoms with Crippen LogP contribution in [0.4, 0.5) is 0 Å². The topological polar surface area (TPSA) is 32.3 Å². The van der Waals surface area contributed by atoms with Gasteiger partial charge in [0.2, 0.25) is 0 Å². The molecule has 0 aromatic heterocycles. The van der Waals surface area contributed by atoms with E-state index in [0.717, 1.165) is 24.0 Å². The molecule has 2 aromatic carbocycles. The summed E-state index contributed by atoms with van der Waals surface area (Å²) in [5, 5.41) is 3.64. The minimum absolute atomic E-state index is 0. The summed E-state index contributed by atoms with van der Waals surface area (Å²) in [6.07, 6.45) is 4.69. The van der Waals surface area contributed by atoms with Crippen molar-refractivity contribution >= 4 is 18.3 Å². The predicted molar refractivity (Wildman–Crippen MR) is 104 cm³/mol. The molecule has 4 heteroatoms. The van der Waals surface area contributed by atoms with Crippen LogP contribution in [0.25, 0.3) is 11.1 Å². The number of fused-ring (bicyclic) bond motifs is 2. The van der Waals surface area contributed by atoms with Gasteiger partial charge in [-0.3, -0.25) is 4.79 Å².